The normalized spacial score (nSPS) is 17.7. The Labute approximate surface area is 210 Å². The maximum absolute atomic E-state index is 12.0. The summed E-state index contributed by atoms with van der Waals surface area (Å²) in [6.45, 7) is 6.55. The van der Waals surface area contributed by atoms with E-state index in [1.54, 1.807) is 13.3 Å². The van der Waals surface area contributed by atoms with Crippen molar-refractivity contribution in [1.82, 2.24) is 20.3 Å². The second kappa shape index (κ2) is 12.3. The molecule has 1 fully saturated rings. The first-order valence-electron chi connectivity index (χ1n) is 12.1. The molecule has 1 saturated carbocycles. The lowest BCUT2D eigenvalue weighted by atomic mass is 9.86. The minimum absolute atomic E-state index is 0.0683. The quantitative estimate of drug-likeness (QED) is 0.322. The molecule has 36 heavy (non-hydrogen) atoms. The fourth-order valence-corrected chi connectivity index (χ4v) is 4.06. The van der Waals surface area contributed by atoms with Crippen molar-refractivity contribution in [3.05, 3.63) is 40.2 Å². The molecular weight excluding hydrogens is 466 g/mol. The predicted octanol–water partition coefficient (Wildman–Crippen LogP) is 3.94. The molecule has 1 aliphatic carbocycles. The molecule has 0 radical (unpaired) electrons. The molecule has 0 unspecified atom stereocenters. The minimum Gasteiger partial charge on any atom is -0.481 e. The average Bonchev–Trinajstić information content (AvgIpc) is 2.82. The van der Waals surface area contributed by atoms with Gasteiger partial charge in [0.25, 0.3) is 0 Å². The summed E-state index contributed by atoms with van der Waals surface area (Å²) in [6.07, 6.45) is 6.50. The summed E-state index contributed by atoms with van der Waals surface area (Å²) in [4.78, 5) is 35.6. The molecule has 0 saturated heterocycles. The smallest absolute Gasteiger partial charge is 0.407 e. The molecule has 0 atom stereocenters. The Kier molecular flexibility index (Phi) is 9.20. The van der Waals surface area contributed by atoms with Gasteiger partial charge in [0, 0.05) is 30.9 Å². The van der Waals surface area contributed by atoms with Crippen molar-refractivity contribution in [2.24, 2.45) is 5.92 Å². The van der Waals surface area contributed by atoms with Crippen LogP contribution in [0.1, 0.15) is 52.0 Å². The van der Waals surface area contributed by atoms with Crippen LogP contribution in [0.25, 0.3) is 0 Å². The molecular formula is C24H35N7O5. The Morgan fingerprint density at radius 1 is 1.19 bits per heavy atom. The van der Waals surface area contributed by atoms with E-state index in [4.69, 9.17) is 9.47 Å². The summed E-state index contributed by atoms with van der Waals surface area (Å²) < 4.78 is 10.6. The number of nitro groups is 1. The van der Waals surface area contributed by atoms with E-state index < -0.39 is 16.6 Å². The molecule has 3 rings (SSSR count). The monoisotopic (exact) mass is 501 g/mol. The van der Waals surface area contributed by atoms with Crippen LogP contribution in [0.3, 0.4) is 0 Å². The van der Waals surface area contributed by atoms with Crippen LogP contribution >= 0.6 is 0 Å². The van der Waals surface area contributed by atoms with E-state index in [9.17, 15) is 14.9 Å². The van der Waals surface area contributed by atoms with Gasteiger partial charge < -0.3 is 25.4 Å². The Morgan fingerprint density at radius 2 is 1.94 bits per heavy atom. The van der Waals surface area contributed by atoms with Gasteiger partial charge in [-0.25, -0.2) is 14.8 Å². The highest BCUT2D eigenvalue weighted by Crippen LogP contribution is 2.27. The van der Waals surface area contributed by atoms with Crippen molar-refractivity contribution in [3.63, 3.8) is 0 Å². The third-order valence-corrected chi connectivity index (χ3v) is 5.81. The highest BCUT2D eigenvalue weighted by Gasteiger charge is 2.26. The summed E-state index contributed by atoms with van der Waals surface area (Å²) in [5.74, 6) is 1.36. The van der Waals surface area contributed by atoms with E-state index in [-0.39, 0.29) is 17.5 Å². The van der Waals surface area contributed by atoms with E-state index in [1.807, 2.05) is 32.9 Å². The molecule has 1 aliphatic rings. The zero-order valence-corrected chi connectivity index (χ0v) is 21.2. The lowest BCUT2D eigenvalue weighted by Gasteiger charge is -2.30. The Hall–Kier alpha value is -3.70. The number of aromatic nitrogens is 3. The molecule has 12 heteroatoms. The van der Waals surface area contributed by atoms with E-state index in [0.717, 1.165) is 31.2 Å². The average molecular weight is 502 g/mol. The second-order valence-corrected chi connectivity index (χ2v) is 9.78. The minimum atomic E-state index is -0.531. The highest BCUT2D eigenvalue weighted by molar-refractivity contribution is 5.68. The zero-order chi connectivity index (χ0) is 26.1. The van der Waals surface area contributed by atoms with Gasteiger partial charge in [-0.05, 0) is 64.9 Å². The van der Waals surface area contributed by atoms with Gasteiger partial charge >= 0.3 is 11.8 Å². The second-order valence-electron chi connectivity index (χ2n) is 9.78. The summed E-state index contributed by atoms with van der Waals surface area (Å²) in [7, 11) is 1.57. The predicted molar refractivity (Wildman–Crippen MR) is 135 cm³/mol. The lowest BCUT2D eigenvalue weighted by molar-refractivity contribution is -0.384. The highest BCUT2D eigenvalue weighted by atomic mass is 16.6. The number of alkyl carbamates (subject to hydrolysis) is 1. The largest absolute Gasteiger partial charge is 0.481 e. The topological polar surface area (TPSA) is 153 Å². The summed E-state index contributed by atoms with van der Waals surface area (Å²) >= 11 is 0. The first-order valence-corrected chi connectivity index (χ1v) is 12.1. The fraction of sp³-hybridized carbons (Fsp3) is 0.583. The summed E-state index contributed by atoms with van der Waals surface area (Å²) in [5.41, 5.74) is 0.232. The van der Waals surface area contributed by atoms with Crippen molar-refractivity contribution in [2.75, 3.05) is 30.8 Å². The fourth-order valence-electron chi connectivity index (χ4n) is 4.06. The molecule has 2 aromatic rings. The van der Waals surface area contributed by atoms with Crippen molar-refractivity contribution in [3.8, 4) is 5.88 Å². The van der Waals surface area contributed by atoms with Gasteiger partial charge in [0.2, 0.25) is 17.6 Å². The van der Waals surface area contributed by atoms with Gasteiger partial charge in [-0.2, -0.15) is 4.98 Å². The molecule has 3 N–H and O–H groups in total. The van der Waals surface area contributed by atoms with Gasteiger partial charge in [0.1, 0.15) is 11.8 Å². The standard InChI is InChI=1S/C24H35N7O5/c1-24(2,3)36-23(32)29-18-9-7-16(8-10-18)14-27-20-19(31(33)34)15-28-22(30-20)26-13-11-17-6-5-12-25-21(17)35-4/h5-6,12,15-16,18H,7-11,13-14H2,1-4H3,(H,29,32)(H2,26,27,28,30). The number of rotatable bonds is 10. The molecule has 0 bridgehead atoms. The SMILES string of the molecule is COc1ncccc1CCNc1ncc([N+](=O)[O-])c(NCC2CCC(NC(=O)OC(C)(C)C)CC2)n1. The summed E-state index contributed by atoms with van der Waals surface area (Å²) in [5, 5.41) is 20.7. The van der Waals surface area contributed by atoms with E-state index in [1.165, 1.54) is 6.20 Å². The van der Waals surface area contributed by atoms with Crippen LogP contribution in [0, 0.1) is 16.0 Å². The van der Waals surface area contributed by atoms with Crippen molar-refractivity contribution in [1.29, 1.82) is 0 Å². The van der Waals surface area contributed by atoms with Gasteiger partial charge in [-0.1, -0.05) is 6.07 Å². The van der Waals surface area contributed by atoms with Crippen LogP contribution in [-0.4, -0.2) is 57.8 Å². The lowest BCUT2D eigenvalue weighted by Crippen LogP contribution is -2.41. The zero-order valence-electron chi connectivity index (χ0n) is 21.2. The van der Waals surface area contributed by atoms with Crippen LogP contribution in [0.5, 0.6) is 5.88 Å². The number of ether oxygens (including phenoxy) is 2. The first-order chi connectivity index (χ1) is 17.1. The van der Waals surface area contributed by atoms with Crippen molar-refractivity contribution >= 4 is 23.5 Å². The number of pyridine rings is 1. The van der Waals surface area contributed by atoms with E-state index in [0.29, 0.717) is 37.3 Å². The van der Waals surface area contributed by atoms with Crippen LogP contribution in [-0.2, 0) is 11.2 Å². The number of carbonyl (C=O) groups excluding carboxylic acids is 1. The third kappa shape index (κ3) is 8.21. The molecule has 2 aromatic heterocycles. The van der Waals surface area contributed by atoms with E-state index in [2.05, 4.69) is 30.9 Å². The maximum atomic E-state index is 12.0. The molecule has 1 amide bonds. The maximum Gasteiger partial charge on any atom is 0.407 e. The number of anilines is 2. The van der Waals surface area contributed by atoms with Gasteiger partial charge in [0.15, 0.2) is 0 Å². The number of hydrogen-bond donors (Lipinski definition) is 3. The molecule has 12 nitrogen and oxygen atoms in total. The van der Waals surface area contributed by atoms with E-state index >= 15 is 0 Å². The Balaban J connectivity index is 1.51. The third-order valence-electron chi connectivity index (χ3n) is 5.81. The first kappa shape index (κ1) is 26.9. The van der Waals surface area contributed by atoms with Gasteiger partial charge in [-0.3, -0.25) is 10.1 Å². The Bertz CT molecular complexity index is 1040. The Morgan fingerprint density at radius 3 is 2.61 bits per heavy atom. The van der Waals surface area contributed by atoms with Crippen molar-refractivity contribution in [2.45, 2.75) is 64.5 Å². The van der Waals surface area contributed by atoms with Crippen LogP contribution < -0.4 is 20.7 Å². The van der Waals surface area contributed by atoms with Crippen LogP contribution in [0.15, 0.2) is 24.5 Å². The molecule has 0 aliphatic heterocycles. The number of nitrogens with one attached hydrogen (secondary N) is 3. The molecule has 196 valence electrons. The van der Waals surface area contributed by atoms with Crippen molar-refractivity contribution < 1.29 is 19.2 Å². The van der Waals surface area contributed by atoms with Gasteiger partial charge in [-0.15, -0.1) is 0 Å². The molecule has 0 aromatic carbocycles. The number of carbonyl (C=O) groups is 1. The number of amides is 1. The molecule has 0 spiro atoms. The number of methoxy groups -OCH3 is 1. The van der Waals surface area contributed by atoms with Crippen LogP contribution in [0.4, 0.5) is 22.2 Å². The molecule has 2 heterocycles. The van der Waals surface area contributed by atoms with Gasteiger partial charge in [0.05, 0.1) is 12.0 Å². The van der Waals surface area contributed by atoms with Crippen LogP contribution in [0.2, 0.25) is 0 Å². The number of hydrogen-bond acceptors (Lipinski definition) is 10. The number of nitrogens with zero attached hydrogens (tertiary/aromatic N) is 4. The summed E-state index contributed by atoms with van der Waals surface area (Å²) in [6, 6.07) is 3.83.